The summed E-state index contributed by atoms with van der Waals surface area (Å²) in [6.45, 7) is 3.80. The van der Waals surface area contributed by atoms with Crippen molar-refractivity contribution in [1.82, 2.24) is 4.98 Å². The van der Waals surface area contributed by atoms with Crippen LogP contribution in [-0.4, -0.2) is 30.5 Å². The van der Waals surface area contributed by atoms with Gasteiger partial charge in [-0.1, -0.05) is 6.07 Å². The predicted molar refractivity (Wildman–Crippen MR) is 101 cm³/mol. The number of nitrogens with zero attached hydrogens (tertiary/aromatic N) is 3. The van der Waals surface area contributed by atoms with Gasteiger partial charge in [-0.15, -0.1) is 11.3 Å². The number of benzene rings is 1. The summed E-state index contributed by atoms with van der Waals surface area (Å²) in [5.74, 6) is -0.0683. The average molecular weight is 370 g/mol. The number of carbonyl (C=O) groups is 2. The van der Waals surface area contributed by atoms with Gasteiger partial charge < -0.3 is 10.1 Å². The third-order valence-corrected chi connectivity index (χ3v) is 4.30. The van der Waals surface area contributed by atoms with Crippen LogP contribution in [0.1, 0.15) is 19.5 Å². The van der Waals surface area contributed by atoms with E-state index in [0.29, 0.717) is 28.8 Å². The summed E-state index contributed by atoms with van der Waals surface area (Å²) >= 11 is 1.28. The normalized spacial score (nSPS) is 10.8. The van der Waals surface area contributed by atoms with E-state index in [-0.39, 0.29) is 11.5 Å². The molecule has 0 saturated heterocycles. The summed E-state index contributed by atoms with van der Waals surface area (Å²) in [4.78, 5) is 29.7. The molecule has 0 saturated carbocycles. The predicted octanol–water partition coefficient (Wildman–Crippen LogP) is 3.07. The number of nitriles is 1. The van der Waals surface area contributed by atoms with Gasteiger partial charge in [0.25, 0.3) is 5.91 Å². The van der Waals surface area contributed by atoms with E-state index in [1.807, 2.05) is 13.0 Å². The summed E-state index contributed by atoms with van der Waals surface area (Å²) in [6.07, 6.45) is 1.39. The van der Waals surface area contributed by atoms with Crippen molar-refractivity contribution in [3.63, 3.8) is 0 Å². The van der Waals surface area contributed by atoms with E-state index < -0.39 is 5.91 Å². The van der Waals surface area contributed by atoms with Crippen molar-refractivity contribution < 1.29 is 14.3 Å². The first-order valence-corrected chi connectivity index (χ1v) is 8.67. The van der Waals surface area contributed by atoms with E-state index in [9.17, 15) is 14.9 Å². The average Bonchev–Trinajstić information content (AvgIpc) is 3.08. The molecule has 0 unspecified atom stereocenters. The zero-order valence-electron chi connectivity index (χ0n) is 14.6. The molecule has 2 amide bonds. The van der Waals surface area contributed by atoms with Crippen LogP contribution in [0.25, 0.3) is 6.08 Å². The number of amides is 2. The van der Waals surface area contributed by atoms with Crippen LogP contribution in [0.15, 0.2) is 35.2 Å². The number of hydrogen-bond donors (Lipinski definition) is 1. The highest BCUT2D eigenvalue weighted by Gasteiger charge is 2.15. The van der Waals surface area contributed by atoms with Gasteiger partial charge in [0.15, 0.2) is 5.13 Å². The lowest BCUT2D eigenvalue weighted by Gasteiger charge is -2.14. The number of methoxy groups -OCH3 is 1. The molecule has 2 aromatic rings. The number of ether oxygens (including phenoxy) is 1. The molecule has 7 nitrogen and oxygen atoms in total. The Morgan fingerprint density at radius 3 is 2.85 bits per heavy atom. The molecule has 0 aliphatic rings. The maximum atomic E-state index is 12.3. The molecule has 0 fully saturated rings. The van der Waals surface area contributed by atoms with E-state index >= 15 is 0 Å². The SMILES string of the molecule is CCN(C(C)=O)c1nc(/C=C(\C#N)C(=O)Nc2cccc(OC)c2)cs1. The minimum absolute atomic E-state index is 0.0875. The minimum Gasteiger partial charge on any atom is -0.497 e. The zero-order chi connectivity index (χ0) is 19.1. The van der Waals surface area contributed by atoms with Gasteiger partial charge in [-0.3, -0.25) is 14.5 Å². The largest absolute Gasteiger partial charge is 0.497 e. The van der Waals surface area contributed by atoms with E-state index in [4.69, 9.17) is 4.74 Å². The number of rotatable bonds is 6. The van der Waals surface area contributed by atoms with Crippen LogP contribution in [0, 0.1) is 11.3 Å². The third-order valence-electron chi connectivity index (χ3n) is 3.42. The number of nitrogens with one attached hydrogen (secondary N) is 1. The van der Waals surface area contributed by atoms with Gasteiger partial charge in [0, 0.05) is 30.6 Å². The monoisotopic (exact) mass is 370 g/mol. The molecule has 1 aromatic heterocycles. The highest BCUT2D eigenvalue weighted by atomic mass is 32.1. The summed E-state index contributed by atoms with van der Waals surface area (Å²) in [5.41, 5.74) is 0.876. The van der Waals surface area contributed by atoms with Crippen LogP contribution < -0.4 is 15.0 Å². The number of hydrogen-bond acceptors (Lipinski definition) is 6. The van der Waals surface area contributed by atoms with Gasteiger partial charge >= 0.3 is 0 Å². The summed E-state index contributed by atoms with van der Waals surface area (Å²) in [5, 5.41) is 14.2. The zero-order valence-corrected chi connectivity index (χ0v) is 15.5. The molecule has 0 aliphatic heterocycles. The molecular formula is C18H18N4O3S. The quantitative estimate of drug-likeness (QED) is 0.623. The third kappa shape index (κ3) is 4.68. The number of thiazole rings is 1. The Balaban J connectivity index is 2.19. The lowest BCUT2D eigenvalue weighted by Crippen LogP contribution is -2.27. The van der Waals surface area contributed by atoms with Crippen molar-refractivity contribution in [2.45, 2.75) is 13.8 Å². The van der Waals surface area contributed by atoms with Crippen molar-refractivity contribution in [2.75, 3.05) is 23.9 Å². The van der Waals surface area contributed by atoms with Gasteiger partial charge in [0.1, 0.15) is 17.4 Å². The van der Waals surface area contributed by atoms with Gasteiger partial charge in [-0.25, -0.2) is 4.98 Å². The minimum atomic E-state index is -0.547. The Kier molecular flexibility index (Phi) is 6.47. The highest BCUT2D eigenvalue weighted by molar-refractivity contribution is 7.14. The Morgan fingerprint density at radius 2 is 2.23 bits per heavy atom. The maximum Gasteiger partial charge on any atom is 0.266 e. The molecule has 2 rings (SSSR count). The highest BCUT2D eigenvalue weighted by Crippen LogP contribution is 2.22. The van der Waals surface area contributed by atoms with E-state index in [1.165, 1.54) is 36.3 Å². The number of aromatic nitrogens is 1. The molecule has 1 aromatic carbocycles. The fourth-order valence-corrected chi connectivity index (χ4v) is 3.04. The van der Waals surface area contributed by atoms with Crippen LogP contribution in [0.3, 0.4) is 0 Å². The second-order valence-electron chi connectivity index (χ2n) is 5.17. The maximum absolute atomic E-state index is 12.3. The molecule has 1 heterocycles. The fraction of sp³-hybridized carbons (Fsp3) is 0.222. The van der Waals surface area contributed by atoms with Crippen molar-refractivity contribution in [3.8, 4) is 11.8 Å². The van der Waals surface area contributed by atoms with Gasteiger partial charge in [0.2, 0.25) is 5.91 Å². The molecule has 0 spiro atoms. The Bertz CT molecular complexity index is 883. The van der Waals surface area contributed by atoms with Crippen molar-refractivity contribution in [3.05, 3.63) is 40.9 Å². The lowest BCUT2D eigenvalue weighted by molar-refractivity contribution is -0.116. The van der Waals surface area contributed by atoms with Crippen LogP contribution in [0.2, 0.25) is 0 Å². The van der Waals surface area contributed by atoms with Crippen molar-refractivity contribution in [2.24, 2.45) is 0 Å². The summed E-state index contributed by atoms with van der Waals surface area (Å²) in [6, 6.07) is 8.71. The fourth-order valence-electron chi connectivity index (χ4n) is 2.15. The number of carbonyl (C=O) groups excluding carboxylic acids is 2. The summed E-state index contributed by atoms with van der Waals surface area (Å²) in [7, 11) is 1.53. The van der Waals surface area contributed by atoms with E-state index in [1.54, 1.807) is 29.6 Å². The molecule has 1 N–H and O–H groups in total. The van der Waals surface area contributed by atoms with Crippen molar-refractivity contribution >= 4 is 40.0 Å². The van der Waals surface area contributed by atoms with Crippen molar-refractivity contribution in [1.29, 1.82) is 5.26 Å². The smallest absolute Gasteiger partial charge is 0.266 e. The molecule has 8 heteroatoms. The van der Waals surface area contributed by atoms with Crippen LogP contribution in [0.5, 0.6) is 5.75 Å². The standard InChI is InChI=1S/C18H18N4O3S/c1-4-22(12(2)23)18-21-15(11-26-18)8-13(10-19)17(24)20-14-6-5-7-16(9-14)25-3/h5-9,11H,4H2,1-3H3,(H,20,24)/b13-8+. The molecule has 0 bridgehead atoms. The molecular weight excluding hydrogens is 352 g/mol. The number of anilines is 2. The van der Waals surface area contributed by atoms with Gasteiger partial charge in [-0.2, -0.15) is 5.26 Å². The topological polar surface area (TPSA) is 95.3 Å². The first-order valence-electron chi connectivity index (χ1n) is 7.79. The second kappa shape index (κ2) is 8.78. The molecule has 0 aliphatic carbocycles. The second-order valence-corrected chi connectivity index (χ2v) is 6.01. The van der Waals surface area contributed by atoms with Crippen LogP contribution in [0.4, 0.5) is 10.8 Å². The Morgan fingerprint density at radius 1 is 1.46 bits per heavy atom. The van der Waals surface area contributed by atoms with E-state index in [0.717, 1.165) is 0 Å². The molecule has 0 radical (unpaired) electrons. The van der Waals surface area contributed by atoms with E-state index in [2.05, 4.69) is 10.3 Å². The van der Waals surface area contributed by atoms with Gasteiger partial charge in [-0.05, 0) is 25.1 Å². The Hall–Kier alpha value is -3.18. The Labute approximate surface area is 155 Å². The molecule has 134 valence electrons. The van der Waals surface area contributed by atoms with Gasteiger partial charge in [0.05, 0.1) is 12.8 Å². The lowest BCUT2D eigenvalue weighted by atomic mass is 10.2. The summed E-state index contributed by atoms with van der Waals surface area (Å²) < 4.78 is 5.10. The van der Waals surface area contributed by atoms with Crippen LogP contribution >= 0.6 is 11.3 Å². The molecule has 26 heavy (non-hydrogen) atoms. The van der Waals surface area contributed by atoms with Crippen LogP contribution in [-0.2, 0) is 9.59 Å². The molecule has 0 atom stereocenters. The first-order chi connectivity index (χ1) is 12.5. The first kappa shape index (κ1) is 19.1.